The zero-order chi connectivity index (χ0) is 14.4. The Morgan fingerprint density at radius 3 is 2.74 bits per heavy atom. The van der Waals surface area contributed by atoms with Gasteiger partial charge in [-0.3, -0.25) is 4.79 Å². The molecule has 0 bridgehead atoms. The average Bonchev–Trinajstić information content (AvgIpc) is 2.91. The van der Waals surface area contributed by atoms with Crippen molar-refractivity contribution in [2.24, 2.45) is 0 Å². The van der Waals surface area contributed by atoms with Crippen LogP contribution in [0.1, 0.15) is 42.6 Å². The zero-order valence-corrected chi connectivity index (χ0v) is 11.8. The molecule has 0 aliphatic carbocycles. The summed E-state index contributed by atoms with van der Waals surface area (Å²) in [6.45, 7) is 6.27. The van der Waals surface area contributed by atoms with Crippen LogP contribution < -0.4 is 0 Å². The molecule has 1 N–H and O–H groups in total. The monoisotopic (exact) mass is 267 g/mol. The van der Waals surface area contributed by atoms with Gasteiger partial charge in [0.05, 0.1) is 12.6 Å². The summed E-state index contributed by atoms with van der Waals surface area (Å²) in [6.07, 6.45) is 1.71. The smallest absolute Gasteiger partial charge is 0.254 e. The summed E-state index contributed by atoms with van der Waals surface area (Å²) in [7, 11) is 0. The minimum atomic E-state index is -0.365. The molecule has 0 spiro atoms. The van der Waals surface area contributed by atoms with Crippen LogP contribution in [0.15, 0.2) is 18.2 Å². The highest BCUT2D eigenvalue weighted by atomic mass is 19.1. The molecule has 0 radical (unpaired) electrons. The van der Waals surface area contributed by atoms with E-state index in [0.717, 1.165) is 12.8 Å². The van der Waals surface area contributed by atoms with Gasteiger partial charge in [-0.1, -0.05) is 19.9 Å². The van der Waals surface area contributed by atoms with Crippen molar-refractivity contribution in [3.05, 3.63) is 35.1 Å². The van der Waals surface area contributed by atoms with E-state index in [-0.39, 0.29) is 24.4 Å². The number of aliphatic hydroxyl groups is 1. The van der Waals surface area contributed by atoms with Gasteiger partial charge in [-0.15, -0.1) is 0 Å². The highest BCUT2D eigenvalue weighted by Crippen LogP contribution is 2.20. The first-order valence-corrected chi connectivity index (χ1v) is 6.81. The Bertz CT molecular complexity index is 434. The van der Waals surface area contributed by atoms with Crippen LogP contribution in [-0.4, -0.2) is 35.1 Å². The maximum Gasteiger partial charge on any atom is 0.254 e. The second-order valence-electron chi connectivity index (χ2n) is 4.44. The Balaban J connectivity index is 0.000000861. The van der Waals surface area contributed by atoms with Crippen molar-refractivity contribution in [2.75, 3.05) is 13.2 Å². The number of nitrogens with zero attached hydrogens (tertiary/aromatic N) is 1. The molecule has 0 aromatic heterocycles. The van der Waals surface area contributed by atoms with Crippen LogP contribution in [0.5, 0.6) is 0 Å². The number of hydrogen-bond acceptors (Lipinski definition) is 2. The highest BCUT2D eigenvalue weighted by Gasteiger charge is 2.28. The first-order valence-electron chi connectivity index (χ1n) is 6.81. The van der Waals surface area contributed by atoms with E-state index in [9.17, 15) is 9.18 Å². The normalized spacial score (nSPS) is 17.9. The van der Waals surface area contributed by atoms with Gasteiger partial charge in [0.1, 0.15) is 5.82 Å². The molecule has 1 aromatic rings. The topological polar surface area (TPSA) is 40.5 Å². The average molecular weight is 267 g/mol. The molecular formula is C15H22FNO2. The van der Waals surface area contributed by atoms with Crippen LogP contribution in [-0.2, 0) is 0 Å². The molecule has 3 nitrogen and oxygen atoms in total. The molecule has 1 aromatic carbocycles. The fourth-order valence-corrected chi connectivity index (χ4v) is 2.18. The van der Waals surface area contributed by atoms with E-state index in [2.05, 4.69) is 0 Å². The second kappa shape index (κ2) is 7.24. The number of aryl methyl sites for hydroxylation is 1. The van der Waals surface area contributed by atoms with Gasteiger partial charge in [0, 0.05) is 12.1 Å². The quantitative estimate of drug-likeness (QED) is 0.895. The number of benzene rings is 1. The first kappa shape index (κ1) is 15.6. The van der Waals surface area contributed by atoms with Gasteiger partial charge in [0.2, 0.25) is 0 Å². The molecule has 1 amide bonds. The third-order valence-electron chi connectivity index (χ3n) is 3.27. The molecule has 1 saturated heterocycles. The predicted octanol–water partition coefficient (Wildman–Crippen LogP) is 2.76. The van der Waals surface area contributed by atoms with Crippen molar-refractivity contribution in [3.63, 3.8) is 0 Å². The fraction of sp³-hybridized carbons (Fsp3) is 0.533. The van der Waals surface area contributed by atoms with E-state index in [4.69, 9.17) is 5.11 Å². The van der Waals surface area contributed by atoms with Crippen molar-refractivity contribution < 1.29 is 14.3 Å². The maximum atomic E-state index is 13.4. The molecule has 1 unspecified atom stereocenters. The lowest BCUT2D eigenvalue weighted by atomic mass is 10.1. The third-order valence-corrected chi connectivity index (χ3v) is 3.27. The van der Waals surface area contributed by atoms with Gasteiger partial charge in [-0.05, 0) is 37.5 Å². The van der Waals surface area contributed by atoms with Gasteiger partial charge in [-0.2, -0.15) is 0 Å². The van der Waals surface area contributed by atoms with E-state index >= 15 is 0 Å². The Kier molecular flexibility index (Phi) is 5.96. The first-order chi connectivity index (χ1) is 9.13. The maximum absolute atomic E-state index is 13.4. The summed E-state index contributed by atoms with van der Waals surface area (Å²) in [5, 5.41) is 9.16. The van der Waals surface area contributed by atoms with Crippen LogP contribution >= 0.6 is 0 Å². The Morgan fingerprint density at radius 1 is 1.47 bits per heavy atom. The molecule has 1 aliphatic heterocycles. The minimum Gasteiger partial charge on any atom is -0.394 e. The molecule has 1 heterocycles. The molecule has 2 rings (SSSR count). The number of aliphatic hydroxyl groups excluding tert-OH is 1. The predicted molar refractivity (Wildman–Crippen MR) is 73.6 cm³/mol. The molecule has 19 heavy (non-hydrogen) atoms. The largest absolute Gasteiger partial charge is 0.394 e. The molecule has 4 heteroatoms. The van der Waals surface area contributed by atoms with Crippen molar-refractivity contribution in [3.8, 4) is 0 Å². The summed E-state index contributed by atoms with van der Waals surface area (Å²) in [5.41, 5.74) is 0.884. The molecule has 1 atom stereocenters. The van der Waals surface area contributed by atoms with Crippen molar-refractivity contribution in [1.29, 1.82) is 0 Å². The van der Waals surface area contributed by atoms with Gasteiger partial charge >= 0.3 is 0 Å². The van der Waals surface area contributed by atoms with E-state index in [0.29, 0.717) is 17.7 Å². The second-order valence-corrected chi connectivity index (χ2v) is 4.44. The van der Waals surface area contributed by atoms with Crippen molar-refractivity contribution >= 4 is 5.91 Å². The number of carbonyl (C=O) groups is 1. The van der Waals surface area contributed by atoms with Crippen LogP contribution in [0.25, 0.3) is 0 Å². The molecular weight excluding hydrogens is 245 g/mol. The van der Waals surface area contributed by atoms with Crippen LogP contribution in [0.3, 0.4) is 0 Å². The Labute approximate surface area is 114 Å². The van der Waals surface area contributed by atoms with Crippen LogP contribution in [0, 0.1) is 12.7 Å². The van der Waals surface area contributed by atoms with E-state index < -0.39 is 0 Å². The van der Waals surface area contributed by atoms with Crippen LogP contribution in [0.4, 0.5) is 4.39 Å². The third kappa shape index (κ3) is 3.53. The number of hydrogen-bond donors (Lipinski definition) is 1. The van der Waals surface area contributed by atoms with E-state index in [1.165, 1.54) is 6.07 Å². The summed E-state index contributed by atoms with van der Waals surface area (Å²) in [5.74, 6) is -0.559. The summed E-state index contributed by atoms with van der Waals surface area (Å²) in [6, 6.07) is 4.39. The summed E-state index contributed by atoms with van der Waals surface area (Å²) in [4.78, 5) is 13.8. The molecule has 1 fully saturated rings. The Morgan fingerprint density at radius 2 is 2.16 bits per heavy atom. The number of likely N-dealkylation sites (tertiary alicyclic amines) is 1. The van der Waals surface area contributed by atoms with Gasteiger partial charge in [0.15, 0.2) is 0 Å². The van der Waals surface area contributed by atoms with Crippen molar-refractivity contribution in [2.45, 2.75) is 39.7 Å². The molecule has 106 valence electrons. The van der Waals surface area contributed by atoms with E-state index in [1.54, 1.807) is 24.0 Å². The Hall–Kier alpha value is -1.42. The van der Waals surface area contributed by atoms with Gasteiger partial charge < -0.3 is 10.0 Å². The summed E-state index contributed by atoms with van der Waals surface area (Å²) < 4.78 is 13.4. The van der Waals surface area contributed by atoms with Crippen molar-refractivity contribution in [1.82, 2.24) is 4.90 Å². The van der Waals surface area contributed by atoms with Crippen LogP contribution in [0.2, 0.25) is 0 Å². The lowest BCUT2D eigenvalue weighted by Crippen LogP contribution is -2.37. The SMILES string of the molecule is CC.Cc1ccc(C(=O)N2CCCC2CO)cc1F. The number of carbonyl (C=O) groups excluding carboxylic acids is 1. The van der Waals surface area contributed by atoms with E-state index in [1.807, 2.05) is 13.8 Å². The highest BCUT2D eigenvalue weighted by molar-refractivity contribution is 5.94. The lowest BCUT2D eigenvalue weighted by molar-refractivity contribution is 0.0677. The molecule has 1 aliphatic rings. The standard InChI is InChI=1S/C13H16FNO2.C2H6/c1-9-4-5-10(7-12(9)14)13(17)15-6-2-3-11(15)8-16;1-2/h4-5,7,11,16H,2-3,6,8H2,1H3;1-2H3. The lowest BCUT2D eigenvalue weighted by Gasteiger charge is -2.23. The zero-order valence-electron chi connectivity index (χ0n) is 11.8. The molecule has 0 saturated carbocycles. The summed E-state index contributed by atoms with van der Waals surface area (Å²) >= 11 is 0. The van der Waals surface area contributed by atoms with Gasteiger partial charge in [0.25, 0.3) is 5.91 Å². The minimum absolute atomic E-state index is 0.0277. The fourth-order valence-electron chi connectivity index (χ4n) is 2.18. The van der Waals surface area contributed by atoms with Gasteiger partial charge in [-0.25, -0.2) is 4.39 Å². The number of amides is 1. The number of halogens is 1. The number of rotatable bonds is 2.